The molecule has 3 nitrogen and oxygen atoms in total. The first kappa shape index (κ1) is 10.3. The van der Waals surface area contributed by atoms with Crippen molar-refractivity contribution in [3.05, 3.63) is 35.6 Å². The molecular weight excluding hydrogens is 262 g/mol. The van der Waals surface area contributed by atoms with Gasteiger partial charge in [-0.2, -0.15) is 0 Å². The Hall–Kier alpha value is -1.19. The third-order valence-corrected chi connectivity index (χ3v) is 2.58. The van der Waals surface area contributed by atoms with Crippen LogP contribution in [0.4, 0.5) is 4.39 Å². The summed E-state index contributed by atoms with van der Waals surface area (Å²) in [6.07, 6.45) is 0.497. The van der Waals surface area contributed by atoms with Gasteiger partial charge in [0.15, 0.2) is 0 Å². The predicted molar refractivity (Wildman–Crippen MR) is 55.2 cm³/mol. The van der Waals surface area contributed by atoms with E-state index >= 15 is 0 Å². The predicted octanol–water partition coefficient (Wildman–Crippen LogP) is 0.391. The van der Waals surface area contributed by atoms with Gasteiger partial charge in [0.25, 0.3) is 0 Å². The van der Waals surface area contributed by atoms with Gasteiger partial charge in [0.05, 0.1) is 0 Å². The number of rotatable bonds is 2. The van der Waals surface area contributed by atoms with Crippen LogP contribution in [0.25, 0.3) is 0 Å². The summed E-state index contributed by atoms with van der Waals surface area (Å²) >= 11 is 2.65. The SMILES string of the molecule is O=C1NC([Se])=NC1Cc1ccc(F)cc1. The number of amidine groups is 1. The summed E-state index contributed by atoms with van der Waals surface area (Å²) in [4.78, 5) is 15.4. The van der Waals surface area contributed by atoms with Crippen molar-refractivity contribution >= 4 is 26.7 Å². The van der Waals surface area contributed by atoms with E-state index in [4.69, 9.17) is 0 Å². The zero-order valence-electron chi connectivity index (χ0n) is 7.74. The summed E-state index contributed by atoms with van der Waals surface area (Å²) in [6, 6.07) is 5.69. The molecule has 15 heavy (non-hydrogen) atoms. The second kappa shape index (κ2) is 4.13. The van der Waals surface area contributed by atoms with Gasteiger partial charge < -0.3 is 0 Å². The van der Waals surface area contributed by atoms with Crippen LogP contribution in [0.1, 0.15) is 5.56 Å². The standard InChI is InChI=1S/C10H8FN2OSe/c11-7-3-1-6(2-4-7)5-8-9(14)13-10(15)12-8/h1-4,8H,5H2,(H,12,13,14). The minimum absolute atomic E-state index is 0.118. The number of benzene rings is 1. The van der Waals surface area contributed by atoms with Crippen molar-refractivity contribution in [3.8, 4) is 0 Å². The molecule has 0 aliphatic carbocycles. The number of halogens is 1. The second-order valence-electron chi connectivity index (χ2n) is 3.27. The molecule has 1 amide bonds. The fourth-order valence-electron chi connectivity index (χ4n) is 1.40. The monoisotopic (exact) mass is 271 g/mol. The second-order valence-corrected chi connectivity index (χ2v) is 4.08. The van der Waals surface area contributed by atoms with Gasteiger partial charge in [0.1, 0.15) is 0 Å². The van der Waals surface area contributed by atoms with Crippen LogP contribution in [-0.4, -0.2) is 32.7 Å². The third kappa shape index (κ3) is 2.43. The molecule has 1 unspecified atom stereocenters. The minimum atomic E-state index is -0.397. The molecule has 1 heterocycles. The number of aliphatic imine (C=N–C) groups is 1. The Kier molecular flexibility index (Phi) is 2.84. The van der Waals surface area contributed by atoms with Crippen LogP contribution in [0.15, 0.2) is 29.3 Å². The normalized spacial score (nSPS) is 19.9. The summed E-state index contributed by atoms with van der Waals surface area (Å²) in [6.45, 7) is 0. The molecule has 1 aliphatic heterocycles. The first-order chi connectivity index (χ1) is 7.15. The van der Waals surface area contributed by atoms with Gasteiger partial charge in [0, 0.05) is 0 Å². The Morgan fingerprint density at radius 2 is 2.07 bits per heavy atom. The van der Waals surface area contributed by atoms with Gasteiger partial charge in [-0.1, -0.05) is 0 Å². The zero-order chi connectivity index (χ0) is 10.8. The van der Waals surface area contributed by atoms with Crippen LogP contribution in [0, 0.1) is 5.82 Å². The Morgan fingerprint density at radius 1 is 1.40 bits per heavy atom. The van der Waals surface area contributed by atoms with E-state index in [2.05, 4.69) is 26.3 Å². The Morgan fingerprint density at radius 3 is 2.60 bits per heavy atom. The third-order valence-electron chi connectivity index (χ3n) is 2.15. The quantitative estimate of drug-likeness (QED) is 0.776. The van der Waals surface area contributed by atoms with Gasteiger partial charge in [-0.25, -0.2) is 0 Å². The molecule has 1 atom stereocenters. The number of hydrogen-bond donors (Lipinski definition) is 1. The molecule has 5 heteroatoms. The summed E-state index contributed by atoms with van der Waals surface area (Å²) in [5.41, 5.74) is 0.898. The van der Waals surface area contributed by atoms with Gasteiger partial charge in [-0.3, -0.25) is 0 Å². The number of nitrogens with zero attached hydrogens (tertiary/aromatic N) is 1. The number of hydrogen-bond acceptors (Lipinski definition) is 2. The molecule has 1 aliphatic rings. The van der Waals surface area contributed by atoms with Crippen molar-refractivity contribution < 1.29 is 9.18 Å². The van der Waals surface area contributed by atoms with Crippen molar-refractivity contribution in [1.82, 2.24) is 5.32 Å². The van der Waals surface area contributed by atoms with Crippen LogP contribution in [0.5, 0.6) is 0 Å². The van der Waals surface area contributed by atoms with E-state index in [-0.39, 0.29) is 11.7 Å². The van der Waals surface area contributed by atoms with Gasteiger partial charge in [0.2, 0.25) is 0 Å². The fourth-order valence-corrected chi connectivity index (χ4v) is 1.88. The number of carbonyl (C=O) groups excluding carboxylic acids is 1. The zero-order valence-corrected chi connectivity index (χ0v) is 9.45. The maximum absolute atomic E-state index is 12.6. The van der Waals surface area contributed by atoms with Crippen molar-refractivity contribution in [1.29, 1.82) is 0 Å². The topological polar surface area (TPSA) is 41.5 Å². The van der Waals surface area contributed by atoms with E-state index in [9.17, 15) is 9.18 Å². The Labute approximate surface area is 94.6 Å². The van der Waals surface area contributed by atoms with Crippen LogP contribution in [-0.2, 0) is 11.2 Å². The Bertz CT molecular complexity index is 416. The van der Waals surface area contributed by atoms with E-state index in [0.29, 0.717) is 11.2 Å². The van der Waals surface area contributed by atoms with E-state index < -0.39 is 6.04 Å². The Balaban J connectivity index is 2.09. The van der Waals surface area contributed by atoms with E-state index in [1.807, 2.05) is 0 Å². The van der Waals surface area contributed by atoms with Crippen molar-refractivity contribution in [2.45, 2.75) is 12.5 Å². The maximum atomic E-state index is 12.6. The van der Waals surface area contributed by atoms with Crippen molar-refractivity contribution in [2.75, 3.05) is 0 Å². The van der Waals surface area contributed by atoms with Crippen molar-refractivity contribution in [2.24, 2.45) is 4.99 Å². The van der Waals surface area contributed by atoms with Gasteiger partial charge in [-0.05, 0) is 0 Å². The first-order valence-corrected chi connectivity index (χ1v) is 5.31. The van der Waals surface area contributed by atoms with E-state index in [1.165, 1.54) is 12.1 Å². The molecular formula is C10H8FN2OSe. The average molecular weight is 270 g/mol. The number of carbonyl (C=O) groups is 1. The first-order valence-electron chi connectivity index (χ1n) is 4.45. The molecule has 0 aromatic heterocycles. The molecule has 1 N–H and O–H groups in total. The molecule has 1 radical (unpaired) electrons. The molecule has 2 rings (SSSR count). The number of amides is 1. The molecule has 77 valence electrons. The van der Waals surface area contributed by atoms with Gasteiger partial charge in [-0.15, -0.1) is 0 Å². The summed E-state index contributed by atoms with van der Waals surface area (Å²) in [7, 11) is 0. The molecule has 0 bridgehead atoms. The van der Waals surface area contributed by atoms with Crippen LogP contribution in [0.3, 0.4) is 0 Å². The summed E-state index contributed by atoms with van der Waals surface area (Å²) < 4.78 is 13.1. The molecule has 0 saturated heterocycles. The van der Waals surface area contributed by atoms with Crippen LogP contribution < -0.4 is 5.32 Å². The van der Waals surface area contributed by atoms with E-state index in [1.54, 1.807) is 12.1 Å². The molecule has 1 aromatic rings. The van der Waals surface area contributed by atoms with Crippen molar-refractivity contribution in [3.63, 3.8) is 0 Å². The van der Waals surface area contributed by atoms with E-state index in [0.717, 1.165) is 5.56 Å². The molecule has 0 fully saturated rings. The van der Waals surface area contributed by atoms with Gasteiger partial charge >= 0.3 is 94.3 Å². The molecule has 1 aromatic carbocycles. The van der Waals surface area contributed by atoms with Crippen LogP contribution in [0.2, 0.25) is 0 Å². The average Bonchev–Trinajstić information content (AvgIpc) is 2.49. The molecule has 0 saturated carbocycles. The van der Waals surface area contributed by atoms with Crippen LogP contribution >= 0.6 is 0 Å². The number of nitrogens with one attached hydrogen (secondary N) is 1. The summed E-state index contributed by atoms with van der Waals surface area (Å²) in [5, 5.41) is 2.58. The summed E-state index contributed by atoms with van der Waals surface area (Å²) in [5.74, 6) is -0.393. The molecule has 0 spiro atoms. The fraction of sp³-hybridized carbons (Fsp3) is 0.200.